The van der Waals surface area contributed by atoms with Crippen molar-refractivity contribution in [2.24, 2.45) is 0 Å². The van der Waals surface area contributed by atoms with Crippen LogP contribution in [0.15, 0.2) is 66.9 Å². The highest BCUT2D eigenvalue weighted by Crippen LogP contribution is 2.25. The van der Waals surface area contributed by atoms with E-state index in [9.17, 15) is 9.59 Å². The van der Waals surface area contributed by atoms with E-state index in [0.29, 0.717) is 28.4 Å². The van der Waals surface area contributed by atoms with Crippen molar-refractivity contribution in [3.8, 4) is 5.75 Å². The number of nitrogens with zero attached hydrogens (tertiary/aromatic N) is 1. The summed E-state index contributed by atoms with van der Waals surface area (Å²) < 4.78 is 5.73. The van der Waals surface area contributed by atoms with E-state index >= 15 is 0 Å². The lowest BCUT2D eigenvalue weighted by Crippen LogP contribution is -2.14. The highest BCUT2D eigenvalue weighted by Gasteiger charge is 2.11. The summed E-state index contributed by atoms with van der Waals surface area (Å²) in [7, 11) is 0. The number of benzene rings is 2. The van der Waals surface area contributed by atoms with Crippen LogP contribution in [0.25, 0.3) is 0 Å². The number of carbonyl (C=O) groups excluding carboxylic acids is 2. The summed E-state index contributed by atoms with van der Waals surface area (Å²) in [6, 6.07) is 17.9. The van der Waals surface area contributed by atoms with Crippen molar-refractivity contribution in [1.82, 2.24) is 4.98 Å². The monoisotopic (exact) mass is 389 g/mol. The zero-order valence-corrected chi connectivity index (χ0v) is 16.6. The van der Waals surface area contributed by atoms with Crippen molar-refractivity contribution in [2.45, 2.75) is 26.9 Å². The van der Waals surface area contributed by atoms with E-state index in [0.717, 1.165) is 5.69 Å². The van der Waals surface area contributed by atoms with Crippen LogP contribution in [0.5, 0.6) is 5.75 Å². The number of carbonyl (C=O) groups is 2. The van der Waals surface area contributed by atoms with E-state index in [2.05, 4.69) is 15.6 Å². The number of hydrogen-bond acceptors (Lipinski definition) is 5. The maximum absolute atomic E-state index is 12.6. The number of hydrogen-bond donors (Lipinski definition) is 2. The molecule has 0 saturated heterocycles. The number of rotatable bonds is 7. The molecule has 1 amide bonds. The van der Waals surface area contributed by atoms with Crippen molar-refractivity contribution in [1.29, 1.82) is 0 Å². The van der Waals surface area contributed by atoms with E-state index in [4.69, 9.17) is 4.74 Å². The fourth-order valence-electron chi connectivity index (χ4n) is 2.69. The lowest BCUT2D eigenvalue weighted by Gasteiger charge is -2.14. The third kappa shape index (κ3) is 5.42. The molecule has 1 heterocycles. The average molecular weight is 389 g/mol. The van der Waals surface area contributed by atoms with Crippen LogP contribution in [-0.2, 0) is 0 Å². The molecular formula is C23H23N3O3. The Bertz CT molecular complexity index is 1010. The van der Waals surface area contributed by atoms with Crippen LogP contribution in [0.2, 0.25) is 0 Å². The number of amides is 1. The highest BCUT2D eigenvalue weighted by atomic mass is 16.5. The fourth-order valence-corrected chi connectivity index (χ4v) is 2.69. The van der Waals surface area contributed by atoms with Gasteiger partial charge in [0.05, 0.1) is 17.4 Å². The van der Waals surface area contributed by atoms with E-state index in [1.165, 1.54) is 13.1 Å². The number of ketones is 1. The summed E-state index contributed by atoms with van der Waals surface area (Å²) in [5.41, 5.74) is 2.40. The van der Waals surface area contributed by atoms with Crippen LogP contribution in [-0.4, -0.2) is 22.8 Å². The minimum absolute atomic E-state index is 0.00146. The molecule has 0 unspecified atom stereocenters. The fraction of sp³-hybridized carbons (Fsp3) is 0.174. The van der Waals surface area contributed by atoms with Gasteiger partial charge in [-0.2, -0.15) is 0 Å². The molecular weight excluding hydrogens is 366 g/mol. The van der Waals surface area contributed by atoms with Crippen LogP contribution < -0.4 is 15.4 Å². The van der Waals surface area contributed by atoms with Crippen molar-refractivity contribution in [2.75, 3.05) is 10.6 Å². The number of para-hydroxylation sites is 2. The third-order valence-electron chi connectivity index (χ3n) is 4.07. The van der Waals surface area contributed by atoms with E-state index < -0.39 is 0 Å². The van der Waals surface area contributed by atoms with Gasteiger partial charge in [0.25, 0.3) is 5.91 Å². The second kappa shape index (κ2) is 9.01. The predicted molar refractivity (Wildman–Crippen MR) is 114 cm³/mol. The molecule has 2 aromatic carbocycles. The van der Waals surface area contributed by atoms with Crippen LogP contribution in [0, 0.1) is 0 Å². The van der Waals surface area contributed by atoms with Gasteiger partial charge in [-0.15, -0.1) is 0 Å². The molecule has 0 bridgehead atoms. The first-order chi connectivity index (χ1) is 13.9. The van der Waals surface area contributed by atoms with E-state index in [1.807, 2.05) is 38.1 Å². The number of pyridine rings is 1. The van der Waals surface area contributed by atoms with Crippen molar-refractivity contribution < 1.29 is 14.3 Å². The first-order valence-corrected chi connectivity index (χ1v) is 9.33. The molecule has 6 heteroatoms. The molecule has 29 heavy (non-hydrogen) atoms. The predicted octanol–water partition coefficient (Wildman–Crippen LogP) is 5.07. The maximum atomic E-state index is 12.6. The Morgan fingerprint density at radius 3 is 2.45 bits per heavy atom. The Balaban J connectivity index is 1.70. The number of ether oxygens (including phenoxy) is 1. The Morgan fingerprint density at radius 1 is 0.966 bits per heavy atom. The number of aromatic nitrogens is 1. The lowest BCUT2D eigenvalue weighted by molar-refractivity contribution is 0.101. The van der Waals surface area contributed by atoms with Crippen molar-refractivity contribution in [3.05, 3.63) is 78.0 Å². The van der Waals surface area contributed by atoms with Crippen LogP contribution in [0.4, 0.5) is 17.2 Å². The Labute approximate surface area is 169 Å². The number of nitrogens with one attached hydrogen (secondary N) is 2. The summed E-state index contributed by atoms with van der Waals surface area (Å²) in [4.78, 5) is 28.4. The Hall–Kier alpha value is -3.67. The quantitative estimate of drug-likeness (QED) is 0.552. The van der Waals surface area contributed by atoms with Gasteiger partial charge < -0.3 is 15.4 Å². The van der Waals surface area contributed by atoms with Gasteiger partial charge in [0.15, 0.2) is 5.78 Å². The summed E-state index contributed by atoms with van der Waals surface area (Å²) >= 11 is 0. The normalized spacial score (nSPS) is 10.5. The highest BCUT2D eigenvalue weighted by molar-refractivity contribution is 6.05. The second-order valence-electron chi connectivity index (χ2n) is 6.81. The Kier molecular flexibility index (Phi) is 6.24. The Morgan fingerprint density at radius 2 is 1.76 bits per heavy atom. The number of Topliss-reactive ketones (excluding diaryl/α,β-unsaturated/α-hetero) is 1. The van der Waals surface area contributed by atoms with Gasteiger partial charge >= 0.3 is 0 Å². The van der Waals surface area contributed by atoms with Crippen LogP contribution >= 0.6 is 0 Å². The molecule has 148 valence electrons. The molecule has 1 aromatic heterocycles. The van der Waals surface area contributed by atoms with Gasteiger partial charge in [0.1, 0.15) is 11.6 Å². The topological polar surface area (TPSA) is 80.3 Å². The van der Waals surface area contributed by atoms with Gasteiger partial charge in [-0.1, -0.05) is 24.3 Å². The van der Waals surface area contributed by atoms with Gasteiger partial charge in [-0.3, -0.25) is 9.59 Å². The molecule has 0 spiro atoms. The molecule has 0 aliphatic carbocycles. The number of anilines is 3. The summed E-state index contributed by atoms with van der Waals surface area (Å²) in [5.74, 6) is 0.913. The molecule has 6 nitrogen and oxygen atoms in total. The molecule has 0 saturated carbocycles. The third-order valence-corrected chi connectivity index (χ3v) is 4.07. The van der Waals surface area contributed by atoms with Gasteiger partial charge in [0, 0.05) is 17.4 Å². The minimum atomic E-state index is -0.276. The summed E-state index contributed by atoms with van der Waals surface area (Å²) in [5, 5.41) is 5.99. The van der Waals surface area contributed by atoms with Crippen molar-refractivity contribution >= 4 is 28.9 Å². The van der Waals surface area contributed by atoms with E-state index in [-0.39, 0.29) is 17.8 Å². The van der Waals surface area contributed by atoms with E-state index in [1.54, 1.807) is 36.4 Å². The van der Waals surface area contributed by atoms with Crippen molar-refractivity contribution in [3.63, 3.8) is 0 Å². The lowest BCUT2D eigenvalue weighted by atomic mass is 10.1. The molecule has 0 aliphatic heterocycles. The van der Waals surface area contributed by atoms with Crippen LogP contribution in [0.3, 0.4) is 0 Å². The van der Waals surface area contributed by atoms with Gasteiger partial charge in [-0.25, -0.2) is 4.98 Å². The van der Waals surface area contributed by atoms with Gasteiger partial charge in [0.2, 0.25) is 0 Å². The molecule has 0 radical (unpaired) electrons. The zero-order valence-electron chi connectivity index (χ0n) is 16.6. The van der Waals surface area contributed by atoms with Crippen LogP contribution in [0.1, 0.15) is 41.5 Å². The molecule has 0 atom stereocenters. The minimum Gasteiger partial charge on any atom is -0.489 e. The zero-order chi connectivity index (χ0) is 20.8. The molecule has 3 rings (SSSR count). The largest absolute Gasteiger partial charge is 0.489 e. The summed E-state index contributed by atoms with van der Waals surface area (Å²) in [6.45, 7) is 5.38. The molecule has 0 fully saturated rings. The second-order valence-corrected chi connectivity index (χ2v) is 6.81. The first-order valence-electron chi connectivity index (χ1n) is 9.33. The van der Waals surface area contributed by atoms with Gasteiger partial charge in [-0.05, 0) is 57.2 Å². The first kappa shape index (κ1) is 20.1. The standard InChI is InChI=1S/C23H23N3O3/c1-15(2)29-21-10-5-4-9-20(21)26-23(28)18-11-12-22(24-14-18)25-19-8-6-7-17(13-19)16(3)27/h4-15H,1-3H3,(H,24,25)(H,26,28). The smallest absolute Gasteiger partial charge is 0.257 e. The molecule has 3 aromatic rings. The summed E-state index contributed by atoms with van der Waals surface area (Å²) in [6.07, 6.45) is 1.50. The molecule has 0 aliphatic rings. The molecule has 2 N–H and O–H groups in total. The SMILES string of the molecule is CC(=O)c1cccc(Nc2ccc(C(=O)Nc3ccccc3OC(C)C)cn2)c1. The maximum Gasteiger partial charge on any atom is 0.257 e. The average Bonchev–Trinajstić information content (AvgIpc) is 2.70.